The van der Waals surface area contributed by atoms with Gasteiger partial charge in [0.1, 0.15) is 0 Å². The van der Waals surface area contributed by atoms with E-state index in [2.05, 4.69) is 11.8 Å². The van der Waals surface area contributed by atoms with Crippen LogP contribution in [0.15, 0.2) is 53.4 Å². The van der Waals surface area contributed by atoms with Crippen LogP contribution in [0.25, 0.3) is 0 Å². The first-order valence-electron chi connectivity index (χ1n) is 9.13. The third kappa shape index (κ3) is 4.91. The number of hydrogen-bond acceptors (Lipinski definition) is 4. The number of piperazine rings is 1. The van der Waals surface area contributed by atoms with E-state index in [0.717, 1.165) is 29.2 Å². The van der Waals surface area contributed by atoms with Gasteiger partial charge in [-0.15, -0.1) is 0 Å². The minimum absolute atomic E-state index is 0.0356. The molecule has 1 atom stereocenters. The summed E-state index contributed by atoms with van der Waals surface area (Å²) in [6, 6.07) is 14.2. The van der Waals surface area contributed by atoms with E-state index in [1.807, 2.05) is 29.2 Å². The van der Waals surface area contributed by atoms with E-state index in [4.69, 9.17) is 16.7 Å². The van der Waals surface area contributed by atoms with Crippen LogP contribution in [0, 0.1) is 0 Å². The molecule has 28 heavy (non-hydrogen) atoms. The molecule has 0 aromatic heterocycles. The van der Waals surface area contributed by atoms with Crippen LogP contribution in [0.5, 0.6) is 0 Å². The Bertz CT molecular complexity index is 939. The standard InChI is InChI=1S/C20H24ClN3O3S/c1-15(18-4-2-3-5-19(18)21)23-10-12-24(13-11-23)20(25)14-16-6-8-17(9-7-16)28(22,26)27/h2-9,15H,10-14H2,1H3,(H2,22,26,27). The molecule has 0 saturated carbocycles. The second-order valence-electron chi connectivity index (χ2n) is 6.98. The Balaban J connectivity index is 1.56. The molecular formula is C20H24ClN3O3S. The zero-order chi connectivity index (χ0) is 20.3. The van der Waals surface area contributed by atoms with Crippen molar-refractivity contribution in [2.24, 2.45) is 5.14 Å². The number of halogens is 1. The third-order valence-corrected chi connectivity index (χ3v) is 6.45. The van der Waals surface area contributed by atoms with Crippen molar-refractivity contribution in [3.63, 3.8) is 0 Å². The van der Waals surface area contributed by atoms with Crippen LogP contribution in [0.3, 0.4) is 0 Å². The summed E-state index contributed by atoms with van der Waals surface area (Å²) in [5.41, 5.74) is 1.86. The molecule has 1 saturated heterocycles. The van der Waals surface area contributed by atoms with Gasteiger partial charge in [-0.05, 0) is 36.2 Å². The van der Waals surface area contributed by atoms with Gasteiger partial charge in [0.05, 0.1) is 11.3 Å². The zero-order valence-electron chi connectivity index (χ0n) is 15.7. The molecule has 6 nitrogen and oxygen atoms in total. The maximum atomic E-state index is 12.6. The molecule has 8 heteroatoms. The van der Waals surface area contributed by atoms with E-state index < -0.39 is 10.0 Å². The number of benzene rings is 2. The molecular weight excluding hydrogens is 398 g/mol. The number of sulfonamides is 1. The first-order valence-corrected chi connectivity index (χ1v) is 11.1. The molecule has 3 rings (SSSR count). The molecule has 150 valence electrons. The SMILES string of the molecule is CC(c1ccccc1Cl)N1CCN(C(=O)Cc2ccc(S(N)(=O)=O)cc2)CC1. The van der Waals surface area contributed by atoms with Crippen LogP contribution >= 0.6 is 11.6 Å². The molecule has 0 spiro atoms. The second-order valence-corrected chi connectivity index (χ2v) is 8.95. The van der Waals surface area contributed by atoms with Gasteiger partial charge in [0.15, 0.2) is 0 Å². The summed E-state index contributed by atoms with van der Waals surface area (Å²) in [7, 11) is -3.72. The lowest BCUT2D eigenvalue weighted by Crippen LogP contribution is -2.49. The van der Waals surface area contributed by atoms with Crippen molar-refractivity contribution in [3.8, 4) is 0 Å². The number of carbonyl (C=O) groups excluding carboxylic acids is 1. The number of nitrogens with zero attached hydrogens (tertiary/aromatic N) is 2. The molecule has 2 aromatic carbocycles. The van der Waals surface area contributed by atoms with Gasteiger partial charge < -0.3 is 4.90 Å². The molecule has 0 radical (unpaired) electrons. The maximum Gasteiger partial charge on any atom is 0.238 e. The normalized spacial score (nSPS) is 16.8. The van der Waals surface area contributed by atoms with E-state index in [-0.39, 0.29) is 23.3 Å². The summed E-state index contributed by atoms with van der Waals surface area (Å²) in [6.45, 7) is 5.00. The largest absolute Gasteiger partial charge is 0.340 e. The van der Waals surface area contributed by atoms with Gasteiger partial charge in [-0.2, -0.15) is 0 Å². The first-order chi connectivity index (χ1) is 13.3. The van der Waals surface area contributed by atoms with Crippen LogP contribution in [0.1, 0.15) is 24.1 Å². The Kier molecular flexibility index (Phi) is 6.40. The number of carbonyl (C=O) groups is 1. The van der Waals surface area contributed by atoms with Gasteiger partial charge in [0.2, 0.25) is 15.9 Å². The Morgan fingerprint density at radius 2 is 1.68 bits per heavy atom. The van der Waals surface area contributed by atoms with Gasteiger partial charge in [0.25, 0.3) is 0 Å². The number of nitrogens with two attached hydrogens (primary N) is 1. The van der Waals surface area contributed by atoms with Crippen LogP contribution in [0.2, 0.25) is 5.02 Å². The summed E-state index contributed by atoms with van der Waals surface area (Å²) in [5, 5.41) is 5.86. The van der Waals surface area contributed by atoms with Gasteiger partial charge >= 0.3 is 0 Å². The Morgan fingerprint density at radius 3 is 2.25 bits per heavy atom. The Labute approximate surface area is 170 Å². The quantitative estimate of drug-likeness (QED) is 0.803. The summed E-state index contributed by atoms with van der Waals surface area (Å²) >= 11 is 6.31. The summed E-state index contributed by atoms with van der Waals surface area (Å²) < 4.78 is 22.6. The van der Waals surface area contributed by atoms with Crippen molar-refractivity contribution >= 4 is 27.5 Å². The number of hydrogen-bond donors (Lipinski definition) is 1. The lowest BCUT2D eigenvalue weighted by atomic mass is 10.1. The molecule has 0 bridgehead atoms. The van der Waals surface area contributed by atoms with E-state index in [1.54, 1.807) is 12.1 Å². The topological polar surface area (TPSA) is 83.7 Å². The molecule has 2 N–H and O–H groups in total. The fourth-order valence-corrected chi connectivity index (χ4v) is 4.26. The van der Waals surface area contributed by atoms with Crippen LogP contribution in [-0.4, -0.2) is 50.3 Å². The summed E-state index contributed by atoms with van der Waals surface area (Å²) in [6.07, 6.45) is 0.241. The highest BCUT2D eigenvalue weighted by Gasteiger charge is 2.25. The van der Waals surface area contributed by atoms with Gasteiger partial charge in [-0.3, -0.25) is 9.69 Å². The van der Waals surface area contributed by atoms with E-state index >= 15 is 0 Å². The lowest BCUT2D eigenvalue weighted by Gasteiger charge is -2.38. The third-order valence-electron chi connectivity index (χ3n) is 5.18. The van der Waals surface area contributed by atoms with Crippen molar-refractivity contribution in [1.82, 2.24) is 9.80 Å². The van der Waals surface area contributed by atoms with Crippen molar-refractivity contribution in [3.05, 3.63) is 64.7 Å². The first kappa shape index (κ1) is 20.8. The minimum Gasteiger partial charge on any atom is -0.340 e. The molecule has 2 aromatic rings. The molecule has 1 aliphatic heterocycles. The molecule has 1 aliphatic rings. The lowest BCUT2D eigenvalue weighted by molar-refractivity contribution is -0.132. The predicted octanol–water partition coefficient (Wildman–Crippen LogP) is 2.44. The maximum absolute atomic E-state index is 12.6. The van der Waals surface area contributed by atoms with Crippen LogP contribution in [-0.2, 0) is 21.2 Å². The highest BCUT2D eigenvalue weighted by atomic mass is 35.5. The summed E-state index contributed by atoms with van der Waals surface area (Å²) in [5.74, 6) is 0.0356. The summed E-state index contributed by atoms with van der Waals surface area (Å²) in [4.78, 5) is 16.8. The monoisotopic (exact) mass is 421 g/mol. The molecule has 1 fully saturated rings. The Morgan fingerprint density at radius 1 is 1.07 bits per heavy atom. The Hall–Kier alpha value is -1.93. The van der Waals surface area contributed by atoms with E-state index in [1.165, 1.54) is 12.1 Å². The zero-order valence-corrected chi connectivity index (χ0v) is 17.3. The van der Waals surface area contributed by atoms with Crippen LogP contribution in [0.4, 0.5) is 0 Å². The fourth-order valence-electron chi connectivity index (χ4n) is 3.45. The molecule has 1 heterocycles. The number of primary sulfonamides is 1. The van der Waals surface area contributed by atoms with Crippen molar-refractivity contribution in [1.29, 1.82) is 0 Å². The van der Waals surface area contributed by atoms with Crippen molar-refractivity contribution < 1.29 is 13.2 Å². The van der Waals surface area contributed by atoms with E-state index in [9.17, 15) is 13.2 Å². The minimum atomic E-state index is -3.72. The molecule has 1 unspecified atom stereocenters. The second kappa shape index (κ2) is 8.61. The smallest absolute Gasteiger partial charge is 0.238 e. The van der Waals surface area contributed by atoms with Gasteiger partial charge in [-0.25, -0.2) is 13.6 Å². The van der Waals surface area contributed by atoms with Gasteiger partial charge in [-0.1, -0.05) is 41.9 Å². The average molecular weight is 422 g/mol. The number of rotatable bonds is 5. The number of amides is 1. The predicted molar refractivity (Wildman–Crippen MR) is 110 cm³/mol. The highest BCUT2D eigenvalue weighted by molar-refractivity contribution is 7.89. The average Bonchev–Trinajstić information content (AvgIpc) is 2.67. The van der Waals surface area contributed by atoms with Crippen molar-refractivity contribution in [2.75, 3.05) is 26.2 Å². The fraction of sp³-hybridized carbons (Fsp3) is 0.350. The van der Waals surface area contributed by atoms with Crippen LogP contribution < -0.4 is 5.14 Å². The van der Waals surface area contributed by atoms with Gasteiger partial charge in [0, 0.05) is 37.2 Å². The van der Waals surface area contributed by atoms with E-state index in [0.29, 0.717) is 13.1 Å². The molecule has 1 amide bonds. The molecule has 0 aliphatic carbocycles. The van der Waals surface area contributed by atoms with Crippen molar-refractivity contribution in [2.45, 2.75) is 24.3 Å². The highest BCUT2D eigenvalue weighted by Crippen LogP contribution is 2.27.